The minimum Gasteiger partial charge on any atom is -0.493 e. The summed E-state index contributed by atoms with van der Waals surface area (Å²) in [5, 5.41) is 25.3. The Morgan fingerprint density at radius 3 is 3.09 bits per heavy atom. The van der Waals surface area contributed by atoms with E-state index in [0.29, 0.717) is 11.4 Å². The first-order valence-corrected chi connectivity index (χ1v) is 3.06. The van der Waals surface area contributed by atoms with E-state index in [1.54, 1.807) is 0 Å². The van der Waals surface area contributed by atoms with Crippen LogP contribution in [0.25, 0.3) is 0 Å². The van der Waals surface area contributed by atoms with Gasteiger partial charge in [-0.05, 0) is 0 Å². The van der Waals surface area contributed by atoms with Gasteiger partial charge in [-0.15, -0.1) is 0 Å². The van der Waals surface area contributed by atoms with Gasteiger partial charge in [0.25, 0.3) is 0 Å². The second-order valence-electron chi connectivity index (χ2n) is 2.20. The highest BCUT2D eigenvalue weighted by molar-refractivity contribution is 6.65. The van der Waals surface area contributed by atoms with Crippen LogP contribution in [-0.4, -0.2) is 34.0 Å². The Bertz CT molecular complexity index is 314. The van der Waals surface area contributed by atoms with Crippen molar-refractivity contribution in [1.82, 2.24) is 0 Å². The maximum Gasteiger partial charge on any atom is 0.210 e. The Morgan fingerprint density at radius 2 is 2.27 bits per heavy atom. The third-order valence-electron chi connectivity index (χ3n) is 1.43. The topological polar surface area (TPSA) is 77.5 Å². The minimum absolute atomic E-state index is 0.195. The standard InChI is InChI=1S/C6H5N3O2/c10-4-1-5(11)8-3-2-7-9-6(3)4/h1-2,4,10-11H. The van der Waals surface area contributed by atoms with Crippen LogP contribution in [0.5, 0.6) is 0 Å². The van der Waals surface area contributed by atoms with Gasteiger partial charge in [0.2, 0.25) is 5.88 Å². The normalized spacial score (nSPS) is 27.4. The van der Waals surface area contributed by atoms with Crippen LogP contribution in [0, 0.1) is 0 Å². The van der Waals surface area contributed by atoms with Crippen LogP contribution >= 0.6 is 0 Å². The molecule has 5 heteroatoms. The molecule has 5 nitrogen and oxygen atoms in total. The molecule has 0 aromatic rings. The fourth-order valence-corrected chi connectivity index (χ4v) is 0.941. The van der Waals surface area contributed by atoms with Crippen LogP contribution in [0.1, 0.15) is 0 Å². The summed E-state index contributed by atoms with van der Waals surface area (Å²) >= 11 is 0. The molecule has 0 radical (unpaired) electrons. The lowest BCUT2D eigenvalue weighted by molar-refractivity contribution is 0.279. The number of hydrogen-bond donors (Lipinski definition) is 2. The summed E-state index contributed by atoms with van der Waals surface area (Å²) in [5.41, 5.74) is 0.820. The van der Waals surface area contributed by atoms with Crippen LogP contribution < -0.4 is 0 Å². The molecule has 0 aromatic carbocycles. The average Bonchev–Trinajstić information content (AvgIpc) is 2.34. The molecule has 2 heterocycles. The van der Waals surface area contributed by atoms with E-state index in [1.165, 1.54) is 12.3 Å². The van der Waals surface area contributed by atoms with Gasteiger partial charge >= 0.3 is 0 Å². The van der Waals surface area contributed by atoms with Crippen molar-refractivity contribution in [1.29, 1.82) is 0 Å². The van der Waals surface area contributed by atoms with Gasteiger partial charge in [0.15, 0.2) is 0 Å². The molecule has 0 spiro atoms. The molecule has 0 bridgehead atoms. The molecule has 2 aliphatic heterocycles. The van der Waals surface area contributed by atoms with Gasteiger partial charge in [0.1, 0.15) is 17.5 Å². The van der Waals surface area contributed by atoms with E-state index in [4.69, 9.17) is 5.11 Å². The van der Waals surface area contributed by atoms with Crippen molar-refractivity contribution in [2.75, 3.05) is 0 Å². The van der Waals surface area contributed by atoms with Gasteiger partial charge in [-0.1, -0.05) is 0 Å². The summed E-state index contributed by atoms with van der Waals surface area (Å²) in [7, 11) is 0. The SMILES string of the molecule is OC1=CC(O)C2=NN=CC2=N1. The van der Waals surface area contributed by atoms with E-state index in [-0.39, 0.29) is 5.88 Å². The molecule has 0 saturated heterocycles. The lowest BCUT2D eigenvalue weighted by Gasteiger charge is -2.09. The Hall–Kier alpha value is -1.49. The van der Waals surface area contributed by atoms with Crippen LogP contribution in [0.2, 0.25) is 0 Å². The quantitative estimate of drug-likeness (QED) is 0.496. The highest BCUT2D eigenvalue weighted by Gasteiger charge is 2.24. The molecule has 1 atom stereocenters. The summed E-state index contributed by atoms with van der Waals surface area (Å²) in [4.78, 5) is 3.69. The van der Waals surface area contributed by atoms with Crippen molar-refractivity contribution in [2.24, 2.45) is 15.2 Å². The Kier molecular flexibility index (Phi) is 1.13. The molecule has 0 fully saturated rings. The maximum absolute atomic E-state index is 9.22. The first-order chi connectivity index (χ1) is 5.27. The van der Waals surface area contributed by atoms with E-state index in [2.05, 4.69) is 15.2 Å². The zero-order valence-corrected chi connectivity index (χ0v) is 5.47. The second-order valence-corrected chi connectivity index (χ2v) is 2.20. The second kappa shape index (κ2) is 2.00. The Balaban J connectivity index is 2.46. The first-order valence-electron chi connectivity index (χ1n) is 3.06. The van der Waals surface area contributed by atoms with Gasteiger partial charge in [-0.3, -0.25) is 0 Å². The Morgan fingerprint density at radius 1 is 1.45 bits per heavy atom. The van der Waals surface area contributed by atoms with Gasteiger partial charge in [-0.2, -0.15) is 10.2 Å². The molecule has 0 aromatic heterocycles. The molecule has 11 heavy (non-hydrogen) atoms. The smallest absolute Gasteiger partial charge is 0.210 e. The summed E-state index contributed by atoms with van der Waals surface area (Å²) in [5.74, 6) is -0.195. The lowest BCUT2D eigenvalue weighted by Crippen LogP contribution is -2.28. The number of hydrogen-bond acceptors (Lipinski definition) is 5. The van der Waals surface area contributed by atoms with E-state index < -0.39 is 6.10 Å². The maximum atomic E-state index is 9.22. The van der Waals surface area contributed by atoms with Crippen LogP contribution in [0.15, 0.2) is 27.2 Å². The summed E-state index contributed by atoms with van der Waals surface area (Å²) in [6, 6.07) is 0. The molecular formula is C6H5N3O2. The summed E-state index contributed by atoms with van der Waals surface area (Å²) < 4.78 is 0. The van der Waals surface area contributed by atoms with E-state index in [0.717, 1.165) is 0 Å². The van der Waals surface area contributed by atoms with Crippen molar-refractivity contribution in [3.05, 3.63) is 12.0 Å². The van der Waals surface area contributed by atoms with Gasteiger partial charge in [0, 0.05) is 6.08 Å². The van der Waals surface area contributed by atoms with Crippen molar-refractivity contribution < 1.29 is 10.2 Å². The van der Waals surface area contributed by atoms with E-state index in [9.17, 15) is 5.11 Å². The van der Waals surface area contributed by atoms with E-state index in [1.807, 2.05) is 0 Å². The van der Waals surface area contributed by atoms with Gasteiger partial charge < -0.3 is 10.2 Å². The summed E-state index contributed by atoms with van der Waals surface area (Å²) in [6.45, 7) is 0. The number of fused-ring (bicyclic) bond motifs is 1. The minimum atomic E-state index is -0.884. The predicted molar refractivity (Wildman–Crippen MR) is 40.1 cm³/mol. The highest BCUT2D eigenvalue weighted by Crippen LogP contribution is 2.10. The molecule has 56 valence electrons. The first kappa shape index (κ1) is 6.23. The molecule has 2 N–H and O–H groups in total. The predicted octanol–water partition coefficient (Wildman–Crippen LogP) is -0.358. The van der Waals surface area contributed by atoms with E-state index >= 15 is 0 Å². The fraction of sp³-hybridized carbons (Fsp3) is 0.167. The molecule has 1 unspecified atom stereocenters. The number of rotatable bonds is 0. The molecule has 0 saturated carbocycles. The molecule has 2 rings (SSSR count). The highest BCUT2D eigenvalue weighted by atomic mass is 16.3. The molecule has 0 aliphatic carbocycles. The fourth-order valence-electron chi connectivity index (χ4n) is 0.941. The zero-order valence-electron chi connectivity index (χ0n) is 5.47. The van der Waals surface area contributed by atoms with Crippen LogP contribution in [-0.2, 0) is 0 Å². The molecular weight excluding hydrogens is 146 g/mol. The van der Waals surface area contributed by atoms with Crippen molar-refractivity contribution in [3.63, 3.8) is 0 Å². The lowest BCUT2D eigenvalue weighted by atomic mass is 10.1. The third kappa shape index (κ3) is 0.857. The molecule has 2 aliphatic rings. The number of aliphatic hydroxyl groups excluding tert-OH is 2. The average molecular weight is 151 g/mol. The third-order valence-corrected chi connectivity index (χ3v) is 1.43. The van der Waals surface area contributed by atoms with Gasteiger partial charge in [0.05, 0.1) is 6.21 Å². The largest absolute Gasteiger partial charge is 0.493 e. The van der Waals surface area contributed by atoms with Crippen molar-refractivity contribution >= 4 is 17.6 Å². The monoisotopic (exact) mass is 151 g/mol. The number of aliphatic imine (C=N–C) groups is 1. The Labute approximate surface area is 62.1 Å². The number of aliphatic hydroxyl groups is 2. The van der Waals surface area contributed by atoms with Crippen molar-refractivity contribution in [3.8, 4) is 0 Å². The van der Waals surface area contributed by atoms with Crippen molar-refractivity contribution in [2.45, 2.75) is 6.10 Å². The van der Waals surface area contributed by atoms with Crippen LogP contribution in [0.3, 0.4) is 0 Å². The summed E-state index contributed by atoms with van der Waals surface area (Å²) in [6.07, 6.45) is 1.71. The zero-order chi connectivity index (χ0) is 7.84. The van der Waals surface area contributed by atoms with Crippen LogP contribution in [0.4, 0.5) is 0 Å². The number of nitrogens with zero attached hydrogens (tertiary/aromatic N) is 3. The molecule has 0 amide bonds. The van der Waals surface area contributed by atoms with Gasteiger partial charge in [-0.25, -0.2) is 4.99 Å².